The lowest BCUT2D eigenvalue weighted by Crippen LogP contribution is -2.13. The molecule has 0 spiro atoms. The summed E-state index contributed by atoms with van der Waals surface area (Å²) in [4.78, 5) is 5.56. The summed E-state index contributed by atoms with van der Waals surface area (Å²) in [7, 11) is 0. The molecule has 0 aliphatic carbocycles. The zero-order chi connectivity index (χ0) is 14.8. The highest BCUT2D eigenvalue weighted by Crippen LogP contribution is 2.30. The van der Waals surface area contributed by atoms with Gasteiger partial charge in [-0.3, -0.25) is 4.40 Å². The molecule has 0 fully saturated rings. The Kier molecular flexibility index (Phi) is 3.94. The predicted octanol–water partition coefficient (Wildman–Crippen LogP) is 3.91. The molecule has 3 aromatic rings. The minimum atomic E-state index is 0.690. The summed E-state index contributed by atoms with van der Waals surface area (Å²) in [6.45, 7) is 7.90. The summed E-state index contributed by atoms with van der Waals surface area (Å²) in [6.07, 6.45) is 2.04. The average molecular weight is 301 g/mol. The molecule has 0 unspecified atom stereocenters. The second-order valence-corrected chi connectivity index (χ2v) is 5.94. The van der Waals surface area contributed by atoms with Crippen molar-refractivity contribution in [3.8, 4) is 11.6 Å². The molecule has 0 aliphatic rings. The van der Waals surface area contributed by atoms with E-state index < -0.39 is 0 Å². The lowest BCUT2D eigenvalue weighted by Gasteiger charge is -2.09. The highest BCUT2D eigenvalue weighted by molar-refractivity contribution is 7.15. The van der Waals surface area contributed by atoms with Gasteiger partial charge in [-0.05, 0) is 32.0 Å². The number of nitrogens with one attached hydrogen (secondary N) is 1. The van der Waals surface area contributed by atoms with E-state index in [0.717, 1.165) is 35.1 Å². The van der Waals surface area contributed by atoms with E-state index in [1.165, 1.54) is 5.56 Å². The Morgan fingerprint density at radius 1 is 1.33 bits per heavy atom. The van der Waals surface area contributed by atoms with Gasteiger partial charge >= 0.3 is 0 Å². The van der Waals surface area contributed by atoms with Crippen molar-refractivity contribution in [3.05, 3.63) is 46.6 Å². The molecule has 0 saturated carbocycles. The second kappa shape index (κ2) is 5.87. The average Bonchev–Trinajstić information content (AvgIpc) is 3.01. The summed E-state index contributed by atoms with van der Waals surface area (Å²) < 4.78 is 8.16. The molecule has 1 aromatic carbocycles. The van der Waals surface area contributed by atoms with Gasteiger partial charge < -0.3 is 10.1 Å². The van der Waals surface area contributed by atoms with E-state index in [0.29, 0.717) is 5.88 Å². The van der Waals surface area contributed by atoms with Gasteiger partial charge in [0.2, 0.25) is 5.88 Å². The van der Waals surface area contributed by atoms with Gasteiger partial charge in [-0.2, -0.15) is 4.98 Å². The standard InChI is InChI=1S/C16H19N3OS/c1-4-17-10-13-15(18-16-19(13)7-8-21-16)20-14-6-5-11(2)9-12(14)3/h5-9,17H,4,10H2,1-3H3. The molecule has 5 heteroatoms. The van der Waals surface area contributed by atoms with Crippen LogP contribution in [0.25, 0.3) is 4.96 Å². The smallest absolute Gasteiger partial charge is 0.243 e. The minimum Gasteiger partial charge on any atom is -0.437 e. The van der Waals surface area contributed by atoms with Gasteiger partial charge in [0.25, 0.3) is 0 Å². The first-order chi connectivity index (χ1) is 10.2. The third-order valence-corrected chi connectivity index (χ3v) is 4.16. The van der Waals surface area contributed by atoms with Crippen LogP contribution in [-0.4, -0.2) is 15.9 Å². The van der Waals surface area contributed by atoms with Gasteiger partial charge in [-0.25, -0.2) is 0 Å². The summed E-state index contributed by atoms with van der Waals surface area (Å²) >= 11 is 1.62. The van der Waals surface area contributed by atoms with Crippen LogP contribution in [0.5, 0.6) is 11.6 Å². The fourth-order valence-corrected chi connectivity index (χ4v) is 3.04. The van der Waals surface area contributed by atoms with Crippen molar-refractivity contribution >= 4 is 16.3 Å². The van der Waals surface area contributed by atoms with Crippen molar-refractivity contribution in [2.75, 3.05) is 6.54 Å². The number of aryl methyl sites for hydroxylation is 2. The van der Waals surface area contributed by atoms with Crippen molar-refractivity contribution in [2.45, 2.75) is 27.3 Å². The molecule has 21 heavy (non-hydrogen) atoms. The number of imidazole rings is 1. The zero-order valence-electron chi connectivity index (χ0n) is 12.5. The monoisotopic (exact) mass is 301 g/mol. The summed E-state index contributed by atoms with van der Waals surface area (Å²) in [6, 6.07) is 6.19. The Morgan fingerprint density at radius 2 is 2.19 bits per heavy atom. The first kappa shape index (κ1) is 14.1. The Morgan fingerprint density at radius 3 is 2.95 bits per heavy atom. The fourth-order valence-electron chi connectivity index (χ4n) is 2.32. The molecule has 4 nitrogen and oxygen atoms in total. The first-order valence-corrected chi connectivity index (χ1v) is 7.97. The van der Waals surface area contributed by atoms with Gasteiger partial charge in [0.15, 0.2) is 4.96 Å². The van der Waals surface area contributed by atoms with Gasteiger partial charge in [-0.1, -0.05) is 24.6 Å². The Hall–Kier alpha value is -1.85. The van der Waals surface area contributed by atoms with Crippen LogP contribution in [0.3, 0.4) is 0 Å². The van der Waals surface area contributed by atoms with Crippen LogP contribution in [0.4, 0.5) is 0 Å². The molecule has 0 saturated heterocycles. The summed E-state index contributed by atoms with van der Waals surface area (Å²) in [5.41, 5.74) is 3.42. The fraction of sp³-hybridized carbons (Fsp3) is 0.312. The van der Waals surface area contributed by atoms with Crippen molar-refractivity contribution in [2.24, 2.45) is 0 Å². The maximum absolute atomic E-state index is 6.07. The molecule has 3 rings (SSSR count). The van der Waals surface area contributed by atoms with Gasteiger partial charge in [0, 0.05) is 18.1 Å². The Labute approximate surface area is 128 Å². The number of fused-ring (bicyclic) bond motifs is 1. The molecule has 2 aromatic heterocycles. The predicted molar refractivity (Wildman–Crippen MR) is 86.4 cm³/mol. The molecule has 0 aliphatic heterocycles. The molecule has 2 heterocycles. The third-order valence-electron chi connectivity index (χ3n) is 3.40. The van der Waals surface area contributed by atoms with Crippen LogP contribution < -0.4 is 10.1 Å². The van der Waals surface area contributed by atoms with E-state index in [2.05, 4.69) is 47.6 Å². The van der Waals surface area contributed by atoms with Crippen LogP contribution in [0.15, 0.2) is 29.8 Å². The molecular weight excluding hydrogens is 282 g/mol. The topological polar surface area (TPSA) is 38.6 Å². The van der Waals surface area contributed by atoms with Crippen LogP contribution in [0.1, 0.15) is 23.7 Å². The number of ether oxygens (including phenoxy) is 1. The molecule has 1 N–H and O–H groups in total. The quantitative estimate of drug-likeness (QED) is 0.776. The van der Waals surface area contributed by atoms with E-state index in [4.69, 9.17) is 4.74 Å². The van der Waals surface area contributed by atoms with E-state index in [9.17, 15) is 0 Å². The van der Waals surface area contributed by atoms with Crippen LogP contribution in [-0.2, 0) is 6.54 Å². The second-order valence-electron chi connectivity index (χ2n) is 5.07. The molecule has 0 amide bonds. The number of nitrogens with zero attached hydrogens (tertiary/aromatic N) is 2. The van der Waals surface area contributed by atoms with Crippen LogP contribution in [0.2, 0.25) is 0 Å². The van der Waals surface area contributed by atoms with Gasteiger partial charge in [0.1, 0.15) is 11.4 Å². The highest BCUT2D eigenvalue weighted by Gasteiger charge is 2.15. The van der Waals surface area contributed by atoms with Crippen molar-refractivity contribution in [3.63, 3.8) is 0 Å². The third kappa shape index (κ3) is 2.80. The van der Waals surface area contributed by atoms with Crippen LogP contribution >= 0.6 is 11.3 Å². The normalized spacial score (nSPS) is 11.2. The molecule has 0 atom stereocenters. The molecule has 0 radical (unpaired) electrons. The van der Waals surface area contributed by atoms with E-state index in [1.807, 2.05) is 17.6 Å². The largest absolute Gasteiger partial charge is 0.437 e. The maximum atomic E-state index is 6.07. The van der Waals surface area contributed by atoms with Gasteiger partial charge in [-0.15, -0.1) is 11.3 Å². The maximum Gasteiger partial charge on any atom is 0.243 e. The van der Waals surface area contributed by atoms with Crippen molar-refractivity contribution in [1.29, 1.82) is 0 Å². The van der Waals surface area contributed by atoms with Gasteiger partial charge in [0.05, 0.1) is 0 Å². The number of aromatic nitrogens is 2. The van der Waals surface area contributed by atoms with E-state index in [1.54, 1.807) is 11.3 Å². The Balaban J connectivity index is 1.97. The number of rotatable bonds is 5. The lowest BCUT2D eigenvalue weighted by molar-refractivity contribution is 0.452. The summed E-state index contributed by atoms with van der Waals surface area (Å²) in [5.74, 6) is 1.55. The van der Waals surface area contributed by atoms with E-state index in [-0.39, 0.29) is 0 Å². The number of hydrogen-bond acceptors (Lipinski definition) is 4. The zero-order valence-corrected chi connectivity index (χ0v) is 13.3. The lowest BCUT2D eigenvalue weighted by atomic mass is 10.1. The first-order valence-electron chi connectivity index (χ1n) is 7.09. The molecule has 110 valence electrons. The number of hydrogen-bond donors (Lipinski definition) is 1. The minimum absolute atomic E-state index is 0.690. The van der Waals surface area contributed by atoms with Crippen LogP contribution in [0, 0.1) is 13.8 Å². The molecule has 0 bridgehead atoms. The summed E-state index contributed by atoms with van der Waals surface area (Å²) in [5, 5.41) is 5.39. The molecular formula is C16H19N3OS. The van der Waals surface area contributed by atoms with E-state index >= 15 is 0 Å². The van der Waals surface area contributed by atoms with Crippen molar-refractivity contribution < 1.29 is 4.74 Å². The van der Waals surface area contributed by atoms with Crippen molar-refractivity contribution in [1.82, 2.24) is 14.7 Å². The Bertz CT molecular complexity index is 760. The number of benzene rings is 1. The SMILES string of the molecule is CCNCc1c(Oc2ccc(C)cc2C)nc2sccn12. The number of thiazole rings is 1. The highest BCUT2D eigenvalue weighted by atomic mass is 32.1.